The second-order valence-electron chi connectivity index (χ2n) is 4.35. The highest BCUT2D eigenvalue weighted by molar-refractivity contribution is 5.69. The van der Waals surface area contributed by atoms with Gasteiger partial charge in [0, 0.05) is 18.7 Å². The number of nitrogens with one attached hydrogen (secondary N) is 1. The largest absolute Gasteiger partial charge is 0.481 e. The fourth-order valence-electron chi connectivity index (χ4n) is 1.64. The first-order chi connectivity index (χ1) is 9.32. The number of anilines is 1. The van der Waals surface area contributed by atoms with Crippen LogP contribution in [0.4, 0.5) is 20.2 Å². The van der Waals surface area contributed by atoms with E-state index < -0.39 is 34.1 Å². The van der Waals surface area contributed by atoms with Crippen LogP contribution >= 0.6 is 0 Å². The van der Waals surface area contributed by atoms with Crippen LogP contribution in [0.5, 0.6) is 0 Å². The maximum Gasteiger partial charge on any atom is 0.327 e. The third-order valence-electron chi connectivity index (χ3n) is 2.76. The van der Waals surface area contributed by atoms with E-state index in [-0.39, 0.29) is 12.2 Å². The minimum atomic E-state index is -1.25. The number of nitro benzene ring substituents is 1. The number of hydrogen-bond donors (Lipinski definition) is 2. The van der Waals surface area contributed by atoms with Crippen LogP contribution in [0.2, 0.25) is 0 Å². The molecule has 8 heteroatoms. The fraction of sp³-hybridized carbons (Fsp3) is 0.417. The molecule has 0 aliphatic carbocycles. The molecular weight excluding hydrogens is 274 g/mol. The Balaban J connectivity index is 2.68. The lowest BCUT2D eigenvalue weighted by Crippen LogP contribution is -2.12. The van der Waals surface area contributed by atoms with Crippen molar-refractivity contribution in [3.8, 4) is 0 Å². The lowest BCUT2D eigenvalue weighted by molar-refractivity contribution is -0.386. The number of carboxylic acids is 1. The van der Waals surface area contributed by atoms with Crippen molar-refractivity contribution in [2.24, 2.45) is 5.92 Å². The molecule has 2 N–H and O–H groups in total. The quantitative estimate of drug-likeness (QED) is 0.457. The maximum absolute atomic E-state index is 13.3. The predicted molar refractivity (Wildman–Crippen MR) is 67.5 cm³/mol. The third-order valence-corrected chi connectivity index (χ3v) is 2.76. The van der Waals surface area contributed by atoms with E-state index in [2.05, 4.69) is 5.32 Å². The normalized spacial score (nSPS) is 11.9. The molecule has 1 atom stereocenters. The van der Waals surface area contributed by atoms with Gasteiger partial charge in [0.25, 0.3) is 0 Å². The van der Waals surface area contributed by atoms with Crippen molar-refractivity contribution in [1.29, 1.82) is 0 Å². The molecule has 0 aromatic heterocycles. The van der Waals surface area contributed by atoms with Crippen LogP contribution in [0.25, 0.3) is 0 Å². The summed E-state index contributed by atoms with van der Waals surface area (Å²) in [6, 6.07) is 1.28. The molecule has 0 amide bonds. The van der Waals surface area contributed by atoms with Crippen molar-refractivity contribution in [2.75, 3.05) is 11.9 Å². The zero-order valence-electron chi connectivity index (χ0n) is 10.7. The van der Waals surface area contributed by atoms with Gasteiger partial charge in [-0.25, -0.2) is 4.39 Å². The van der Waals surface area contributed by atoms with Gasteiger partial charge >= 0.3 is 11.7 Å². The number of carbonyl (C=O) groups is 1. The number of rotatable bonds is 7. The van der Waals surface area contributed by atoms with Gasteiger partial charge in [-0.2, -0.15) is 4.39 Å². The topological polar surface area (TPSA) is 92.5 Å². The molecule has 0 radical (unpaired) electrons. The van der Waals surface area contributed by atoms with E-state index >= 15 is 0 Å². The van der Waals surface area contributed by atoms with E-state index in [1.54, 1.807) is 0 Å². The maximum atomic E-state index is 13.3. The molecular formula is C12H14F2N2O4. The highest BCUT2D eigenvalue weighted by Gasteiger charge is 2.21. The van der Waals surface area contributed by atoms with E-state index in [1.165, 1.54) is 6.92 Å². The van der Waals surface area contributed by atoms with E-state index in [4.69, 9.17) is 5.11 Å². The SMILES string of the molecule is CC(CCCNc1cc(F)cc(F)c1[N+](=O)[O-])C(=O)O. The van der Waals surface area contributed by atoms with Gasteiger partial charge < -0.3 is 10.4 Å². The van der Waals surface area contributed by atoms with Crippen LogP contribution in [0, 0.1) is 27.7 Å². The van der Waals surface area contributed by atoms with Gasteiger partial charge in [-0.3, -0.25) is 14.9 Å². The summed E-state index contributed by atoms with van der Waals surface area (Å²) in [4.78, 5) is 20.4. The molecule has 1 unspecified atom stereocenters. The summed E-state index contributed by atoms with van der Waals surface area (Å²) in [6.07, 6.45) is 0.761. The van der Waals surface area contributed by atoms with E-state index in [0.29, 0.717) is 18.9 Å². The molecule has 0 fully saturated rings. The van der Waals surface area contributed by atoms with Gasteiger partial charge in [0.15, 0.2) is 0 Å². The molecule has 0 bridgehead atoms. The van der Waals surface area contributed by atoms with Gasteiger partial charge in [-0.1, -0.05) is 6.92 Å². The average Bonchev–Trinajstić information content (AvgIpc) is 2.32. The van der Waals surface area contributed by atoms with Crippen LogP contribution < -0.4 is 5.32 Å². The Bertz CT molecular complexity index is 522. The highest BCUT2D eigenvalue weighted by Crippen LogP contribution is 2.28. The highest BCUT2D eigenvalue weighted by atomic mass is 19.1. The average molecular weight is 288 g/mol. The first-order valence-electron chi connectivity index (χ1n) is 5.93. The van der Waals surface area contributed by atoms with Crippen LogP contribution in [-0.2, 0) is 4.79 Å². The Kier molecular flexibility index (Phi) is 5.36. The van der Waals surface area contributed by atoms with Gasteiger partial charge in [-0.15, -0.1) is 0 Å². The Morgan fingerprint density at radius 1 is 1.50 bits per heavy atom. The fourth-order valence-corrected chi connectivity index (χ4v) is 1.64. The summed E-state index contributed by atoms with van der Waals surface area (Å²) < 4.78 is 26.3. The third kappa shape index (κ3) is 4.15. The summed E-state index contributed by atoms with van der Waals surface area (Å²) in [6.45, 7) is 1.72. The number of aliphatic carboxylic acids is 1. The van der Waals surface area contributed by atoms with E-state index in [9.17, 15) is 23.7 Å². The van der Waals surface area contributed by atoms with E-state index in [0.717, 1.165) is 6.07 Å². The lowest BCUT2D eigenvalue weighted by Gasteiger charge is -2.09. The van der Waals surface area contributed by atoms with Crippen molar-refractivity contribution in [3.63, 3.8) is 0 Å². The van der Waals surface area contributed by atoms with Crippen molar-refractivity contribution in [1.82, 2.24) is 0 Å². The molecule has 0 saturated heterocycles. The molecule has 0 spiro atoms. The van der Waals surface area contributed by atoms with Crippen LogP contribution in [0.15, 0.2) is 12.1 Å². The zero-order valence-corrected chi connectivity index (χ0v) is 10.7. The predicted octanol–water partition coefficient (Wildman–Crippen LogP) is 2.79. The summed E-state index contributed by atoms with van der Waals surface area (Å²) in [5.74, 6) is -3.66. The molecule has 0 saturated carbocycles. The van der Waals surface area contributed by atoms with Crippen LogP contribution in [0.1, 0.15) is 19.8 Å². The van der Waals surface area contributed by atoms with Gasteiger partial charge in [-0.05, 0) is 12.8 Å². The standard InChI is InChI=1S/C12H14F2N2O4/c1-7(12(17)18)3-2-4-15-10-6-8(13)5-9(14)11(10)16(19)20/h5-7,15H,2-4H2,1H3,(H,17,18). The Hall–Kier alpha value is -2.25. The second kappa shape index (κ2) is 6.78. The first kappa shape index (κ1) is 15.8. The molecule has 1 aromatic carbocycles. The number of carboxylic acid groups (broad SMARTS) is 1. The molecule has 20 heavy (non-hydrogen) atoms. The van der Waals surface area contributed by atoms with Gasteiger partial charge in [0.05, 0.1) is 10.8 Å². The number of nitrogens with zero attached hydrogens (tertiary/aromatic N) is 1. The van der Waals surface area contributed by atoms with Crippen LogP contribution in [0.3, 0.4) is 0 Å². The molecule has 0 aliphatic heterocycles. The summed E-state index contributed by atoms with van der Waals surface area (Å²) in [7, 11) is 0. The van der Waals surface area contributed by atoms with Gasteiger partial charge in [0.1, 0.15) is 11.5 Å². The lowest BCUT2D eigenvalue weighted by atomic mass is 10.1. The van der Waals surface area contributed by atoms with E-state index in [1.807, 2.05) is 0 Å². The number of benzene rings is 1. The van der Waals surface area contributed by atoms with Crippen molar-refractivity contribution in [3.05, 3.63) is 33.9 Å². The zero-order chi connectivity index (χ0) is 15.3. The summed E-state index contributed by atoms with van der Waals surface area (Å²) in [5, 5.41) is 21.9. The first-order valence-corrected chi connectivity index (χ1v) is 5.93. The smallest absolute Gasteiger partial charge is 0.327 e. The summed E-state index contributed by atoms with van der Waals surface area (Å²) in [5.41, 5.74) is -1.08. The number of nitro groups is 1. The minimum absolute atomic E-state index is 0.182. The molecule has 0 aliphatic rings. The molecule has 6 nitrogen and oxygen atoms in total. The molecule has 1 rings (SSSR count). The van der Waals surface area contributed by atoms with Crippen molar-refractivity contribution >= 4 is 17.3 Å². The Morgan fingerprint density at radius 3 is 2.70 bits per heavy atom. The molecule has 0 heterocycles. The monoisotopic (exact) mass is 288 g/mol. The van der Waals surface area contributed by atoms with Gasteiger partial charge in [0.2, 0.25) is 5.82 Å². The van der Waals surface area contributed by atoms with Crippen molar-refractivity contribution in [2.45, 2.75) is 19.8 Å². The van der Waals surface area contributed by atoms with Crippen molar-refractivity contribution < 1.29 is 23.6 Å². The van der Waals surface area contributed by atoms with Crippen LogP contribution in [-0.4, -0.2) is 22.5 Å². The molecule has 110 valence electrons. The minimum Gasteiger partial charge on any atom is -0.481 e. The number of halogens is 2. The Morgan fingerprint density at radius 2 is 2.15 bits per heavy atom. The summed E-state index contributed by atoms with van der Waals surface area (Å²) >= 11 is 0. The Labute approximate surface area is 113 Å². The second-order valence-corrected chi connectivity index (χ2v) is 4.35. The number of hydrogen-bond acceptors (Lipinski definition) is 4. The molecule has 1 aromatic rings.